The Kier molecular flexibility index (Phi) is 5.58. The summed E-state index contributed by atoms with van der Waals surface area (Å²) in [7, 11) is 0. The Morgan fingerprint density at radius 3 is 2.46 bits per heavy atom. The maximum atomic E-state index is 13.1. The minimum atomic E-state index is -4.51. The number of nitrogens with one attached hydrogen (secondary N) is 2. The van der Waals surface area contributed by atoms with E-state index in [9.17, 15) is 18.0 Å². The van der Waals surface area contributed by atoms with Crippen LogP contribution in [0.5, 0.6) is 0 Å². The van der Waals surface area contributed by atoms with Gasteiger partial charge in [-0.15, -0.1) is 0 Å². The monoisotopic (exact) mass is 386 g/mol. The highest BCUT2D eigenvalue weighted by atomic mass is 19.4. The first kappa shape index (κ1) is 19.3. The predicted molar refractivity (Wildman–Crippen MR) is 99.1 cm³/mol. The van der Waals surface area contributed by atoms with E-state index in [1.165, 1.54) is 24.3 Å². The second-order valence-electron chi connectivity index (χ2n) is 6.13. The van der Waals surface area contributed by atoms with Crippen molar-refractivity contribution < 1.29 is 18.0 Å². The van der Waals surface area contributed by atoms with Gasteiger partial charge in [0, 0.05) is 12.6 Å². The van der Waals surface area contributed by atoms with E-state index in [0.29, 0.717) is 6.54 Å². The van der Waals surface area contributed by atoms with E-state index >= 15 is 0 Å². The van der Waals surface area contributed by atoms with Gasteiger partial charge in [-0.1, -0.05) is 42.0 Å². The fraction of sp³-hybridized carbons (Fsp3) is 0.150. The lowest BCUT2D eigenvalue weighted by molar-refractivity contribution is -0.136. The number of hydrogen-bond donors (Lipinski definition) is 2. The third-order valence-electron chi connectivity index (χ3n) is 3.97. The largest absolute Gasteiger partial charge is 0.418 e. The number of para-hydroxylation sites is 1. The van der Waals surface area contributed by atoms with E-state index in [1.807, 2.05) is 31.2 Å². The van der Waals surface area contributed by atoms with Crippen LogP contribution in [0.4, 0.5) is 24.7 Å². The molecule has 0 aliphatic carbocycles. The molecule has 5 nitrogen and oxygen atoms in total. The van der Waals surface area contributed by atoms with E-state index in [2.05, 4.69) is 20.6 Å². The summed E-state index contributed by atoms with van der Waals surface area (Å²) < 4.78 is 39.3. The van der Waals surface area contributed by atoms with E-state index in [-0.39, 0.29) is 17.2 Å². The smallest absolute Gasteiger partial charge is 0.347 e. The SMILES string of the molecule is Cc1ccc(CNC(=O)c2cc(Nc3ccccc3C(F)(F)F)ncn2)cc1. The molecular formula is C20H17F3N4O. The van der Waals surface area contributed by atoms with Crippen LogP contribution in [0.25, 0.3) is 0 Å². The first-order chi connectivity index (χ1) is 13.3. The summed E-state index contributed by atoms with van der Waals surface area (Å²) >= 11 is 0. The summed E-state index contributed by atoms with van der Waals surface area (Å²) in [4.78, 5) is 20.1. The molecule has 0 saturated heterocycles. The Balaban J connectivity index is 1.72. The Hall–Kier alpha value is -3.42. The molecule has 0 spiro atoms. The lowest BCUT2D eigenvalue weighted by atomic mass is 10.1. The molecule has 0 fully saturated rings. The number of aromatic nitrogens is 2. The van der Waals surface area contributed by atoms with Gasteiger partial charge >= 0.3 is 6.18 Å². The molecule has 28 heavy (non-hydrogen) atoms. The highest BCUT2D eigenvalue weighted by Gasteiger charge is 2.33. The molecule has 1 heterocycles. The quantitative estimate of drug-likeness (QED) is 0.679. The number of halogens is 3. The van der Waals surface area contributed by atoms with Crippen LogP contribution in [0.2, 0.25) is 0 Å². The molecule has 3 rings (SSSR count). The number of alkyl halides is 3. The normalized spacial score (nSPS) is 11.1. The molecular weight excluding hydrogens is 369 g/mol. The third kappa shape index (κ3) is 4.85. The van der Waals surface area contributed by atoms with Gasteiger partial charge in [-0.2, -0.15) is 13.2 Å². The summed E-state index contributed by atoms with van der Waals surface area (Å²) in [6.07, 6.45) is -3.38. The van der Waals surface area contributed by atoms with Gasteiger partial charge in [0.25, 0.3) is 5.91 Å². The van der Waals surface area contributed by atoms with Gasteiger partial charge in [0.2, 0.25) is 0 Å². The fourth-order valence-corrected chi connectivity index (χ4v) is 2.51. The topological polar surface area (TPSA) is 66.9 Å². The van der Waals surface area contributed by atoms with Crippen molar-refractivity contribution >= 4 is 17.4 Å². The van der Waals surface area contributed by atoms with Gasteiger partial charge in [-0.05, 0) is 24.6 Å². The number of rotatable bonds is 5. The minimum absolute atomic E-state index is 0.0501. The summed E-state index contributed by atoms with van der Waals surface area (Å²) in [5.74, 6) is -0.359. The van der Waals surface area contributed by atoms with Crippen molar-refractivity contribution in [2.45, 2.75) is 19.6 Å². The summed E-state index contributed by atoms with van der Waals surface area (Å²) in [5.41, 5.74) is 1.11. The summed E-state index contributed by atoms with van der Waals surface area (Å²) in [6.45, 7) is 2.28. The molecule has 0 atom stereocenters. The number of anilines is 2. The van der Waals surface area contributed by atoms with Gasteiger partial charge < -0.3 is 10.6 Å². The second kappa shape index (κ2) is 8.08. The van der Waals surface area contributed by atoms with Crippen molar-refractivity contribution in [1.82, 2.24) is 15.3 Å². The van der Waals surface area contributed by atoms with Crippen LogP contribution in [0.15, 0.2) is 60.9 Å². The van der Waals surface area contributed by atoms with Crippen molar-refractivity contribution in [3.63, 3.8) is 0 Å². The second-order valence-corrected chi connectivity index (χ2v) is 6.13. The first-order valence-corrected chi connectivity index (χ1v) is 8.42. The molecule has 8 heteroatoms. The van der Waals surface area contributed by atoms with E-state index < -0.39 is 17.6 Å². The molecule has 144 valence electrons. The van der Waals surface area contributed by atoms with Crippen LogP contribution >= 0.6 is 0 Å². The van der Waals surface area contributed by atoms with Crippen LogP contribution in [0.3, 0.4) is 0 Å². The van der Waals surface area contributed by atoms with E-state index in [1.54, 1.807) is 0 Å². The maximum absolute atomic E-state index is 13.1. The highest BCUT2D eigenvalue weighted by molar-refractivity contribution is 5.92. The van der Waals surface area contributed by atoms with Gasteiger partial charge in [-0.3, -0.25) is 4.79 Å². The van der Waals surface area contributed by atoms with Crippen molar-refractivity contribution in [1.29, 1.82) is 0 Å². The number of benzene rings is 2. The zero-order chi connectivity index (χ0) is 20.1. The zero-order valence-corrected chi connectivity index (χ0v) is 14.9. The third-order valence-corrected chi connectivity index (χ3v) is 3.97. The Labute approximate surface area is 159 Å². The molecule has 0 saturated carbocycles. The Bertz CT molecular complexity index is 972. The van der Waals surface area contributed by atoms with Gasteiger partial charge in [0.1, 0.15) is 17.8 Å². The number of carbonyl (C=O) groups excluding carboxylic acids is 1. The summed E-state index contributed by atoms with van der Waals surface area (Å²) in [6, 6.07) is 14.0. The molecule has 3 aromatic rings. The van der Waals surface area contributed by atoms with Crippen LogP contribution < -0.4 is 10.6 Å². The van der Waals surface area contributed by atoms with Gasteiger partial charge in [0.15, 0.2) is 0 Å². The van der Waals surface area contributed by atoms with E-state index in [0.717, 1.165) is 23.5 Å². The van der Waals surface area contributed by atoms with Crippen molar-refractivity contribution in [3.05, 3.63) is 83.3 Å². The number of aryl methyl sites for hydroxylation is 1. The molecule has 0 bridgehead atoms. The highest BCUT2D eigenvalue weighted by Crippen LogP contribution is 2.35. The van der Waals surface area contributed by atoms with Crippen LogP contribution in [-0.4, -0.2) is 15.9 Å². The average molecular weight is 386 g/mol. The molecule has 1 amide bonds. The molecule has 0 aliphatic heterocycles. The number of nitrogens with zero attached hydrogens (tertiary/aromatic N) is 2. The lowest BCUT2D eigenvalue weighted by Gasteiger charge is -2.14. The minimum Gasteiger partial charge on any atom is -0.347 e. The van der Waals surface area contributed by atoms with Crippen molar-refractivity contribution in [2.75, 3.05) is 5.32 Å². The van der Waals surface area contributed by atoms with E-state index in [4.69, 9.17) is 0 Å². The lowest BCUT2D eigenvalue weighted by Crippen LogP contribution is -2.24. The molecule has 0 unspecified atom stereocenters. The zero-order valence-electron chi connectivity index (χ0n) is 14.9. The number of amides is 1. The maximum Gasteiger partial charge on any atom is 0.418 e. The molecule has 0 radical (unpaired) electrons. The average Bonchev–Trinajstić information content (AvgIpc) is 2.67. The Morgan fingerprint density at radius 2 is 1.75 bits per heavy atom. The number of hydrogen-bond acceptors (Lipinski definition) is 4. The van der Waals surface area contributed by atoms with Crippen LogP contribution in [0.1, 0.15) is 27.2 Å². The number of carbonyl (C=O) groups is 1. The Morgan fingerprint density at radius 1 is 1.04 bits per heavy atom. The molecule has 0 aliphatic rings. The summed E-state index contributed by atoms with van der Waals surface area (Å²) in [5, 5.41) is 5.33. The van der Waals surface area contributed by atoms with Gasteiger partial charge in [0.05, 0.1) is 11.3 Å². The first-order valence-electron chi connectivity index (χ1n) is 8.42. The standard InChI is InChI=1S/C20H17F3N4O/c1-13-6-8-14(9-7-13)11-24-19(28)17-10-18(26-12-25-17)27-16-5-3-2-4-15(16)20(21,22)23/h2-10,12H,11H2,1H3,(H,24,28)(H,25,26,27). The fourth-order valence-electron chi connectivity index (χ4n) is 2.51. The predicted octanol–water partition coefficient (Wildman–Crippen LogP) is 4.48. The molecule has 1 aromatic heterocycles. The molecule has 2 N–H and O–H groups in total. The van der Waals surface area contributed by atoms with Crippen molar-refractivity contribution in [3.8, 4) is 0 Å². The van der Waals surface area contributed by atoms with Crippen molar-refractivity contribution in [2.24, 2.45) is 0 Å². The van der Waals surface area contributed by atoms with Crippen LogP contribution in [-0.2, 0) is 12.7 Å². The molecule has 2 aromatic carbocycles. The van der Waals surface area contributed by atoms with Crippen LogP contribution in [0, 0.1) is 6.92 Å². The van der Waals surface area contributed by atoms with Gasteiger partial charge in [-0.25, -0.2) is 9.97 Å².